The molecule has 1 aliphatic heterocycles. The van der Waals surface area contributed by atoms with E-state index in [2.05, 4.69) is 15.6 Å². The second-order valence-corrected chi connectivity index (χ2v) is 7.13. The number of carbonyl (C=O) groups is 2. The second kappa shape index (κ2) is 7.65. The Hall–Kier alpha value is -3.23. The molecule has 3 aromatic rings. The van der Waals surface area contributed by atoms with Crippen molar-refractivity contribution in [1.29, 1.82) is 0 Å². The summed E-state index contributed by atoms with van der Waals surface area (Å²) < 4.78 is 11.1. The van der Waals surface area contributed by atoms with E-state index in [0.717, 1.165) is 17.2 Å². The highest BCUT2D eigenvalue weighted by molar-refractivity contribution is 5.90. The standard InChI is InChI=1S/C21H22N4O4/c1-25(10-15-5-6-17(28-2)8-16(15)11-26)12-21(20(27)23-13-24-21)18-9-14-4-3-7-22-19(14)29-18/h3-9,11,24H,10,12-13H2,1-2H3,(H,23,27)/t21-/m0/s1. The highest BCUT2D eigenvalue weighted by atomic mass is 16.5. The number of furan rings is 1. The van der Waals surface area contributed by atoms with Gasteiger partial charge in [-0.3, -0.25) is 19.8 Å². The summed E-state index contributed by atoms with van der Waals surface area (Å²) in [7, 11) is 3.46. The summed E-state index contributed by atoms with van der Waals surface area (Å²) in [4.78, 5) is 30.5. The largest absolute Gasteiger partial charge is 0.497 e. The van der Waals surface area contributed by atoms with Crippen molar-refractivity contribution < 1.29 is 18.7 Å². The fraction of sp³-hybridized carbons (Fsp3) is 0.286. The highest BCUT2D eigenvalue weighted by Gasteiger charge is 2.47. The molecule has 1 aliphatic rings. The molecule has 1 amide bonds. The molecule has 4 rings (SSSR count). The van der Waals surface area contributed by atoms with E-state index in [9.17, 15) is 9.59 Å². The minimum atomic E-state index is -1.04. The number of likely N-dealkylation sites (N-methyl/N-ethyl adjacent to an activating group) is 1. The first-order valence-electron chi connectivity index (χ1n) is 9.25. The number of fused-ring (bicyclic) bond motifs is 1. The third kappa shape index (κ3) is 3.48. The van der Waals surface area contributed by atoms with Crippen LogP contribution in [0, 0.1) is 0 Å². The Labute approximate surface area is 167 Å². The Kier molecular flexibility index (Phi) is 5.04. The number of ether oxygens (including phenoxy) is 1. The average Bonchev–Trinajstić information content (AvgIpc) is 3.32. The van der Waals surface area contributed by atoms with Crippen LogP contribution in [0.2, 0.25) is 0 Å². The Morgan fingerprint density at radius 3 is 2.90 bits per heavy atom. The number of amides is 1. The molecule has 2 N–H and O–H groups in total. The van der Waals surface area contributed by atoms with Crippen LogP contribution < -0.4 is 15.4 Å². The molecule has 1 saturated heterocycles. The molecule has 1 fully saturated rings. The predicted molar refractivity (Wildman–Crippen MR) is 107 cm³/mol. The van der Waals surface area contributed by atoms with E-state index >= 15 is 0 Å². The lowest BCUT2D eigenvalue weighted by atomic mass is 9.95. The number of rotatable bonds is 7. The molecular weight excluding hydrogens is 372 g/mol. The molecule has 0 aliphatic carbocycles. The maximum atomic E-state index is 12.8. The molecule has 0 spiro atoms. The molecule has 0 radical (unpaired) electrons. The number of aldehydes is 1. The predicted octanol–water partition coefficient (Wildman–Crippen LogP) is 1.65. The van der Waals surface area contributed by atoms with Crippen LogP contribution in [0.5, 0.6) is 5.75 Å². The van der Waals surface area contributed by atoms with E-state index in [1.165, 1.54) is 0 Å². The quantitative estimate of drug-likeness (QED) is 0.588. The maximum Gasteiger partial charge on any atom is 0.250 e. The van der Waals surface area contributed by atoms with Gasteiger partial charge in [-0.1, -0.05) is 6.07 Å². The van der Waals surface area contributed by atoms with Crippen LogP contribution >= 0.6 is 0 Å². The Bertz CT molecular complexity index is 1030. The van der Waals surface area contributed by atoms with Gasteiger partial charge in [-0.2, -0.15) is 0 Å². The smallest absolute Gasteiger partial charge is 0.250 e. The average molecular weight is 394 g/mol. The summed E-state index contributed by atoms with van der Waals surface area (Å²) in [5, 5.41) is 6.92. The van der Waals surface area contributed by atoms with Crippen LogP contribution in [-0.2, 0) is 16.9 Å². The third-order valence-corrected chi connectivity index (χ3v) is 5.17. The summed E-state index contributed by atoms with van der Waals surface area (Å²) in [6.45, 7) is 1.18. The first-order chi connectivity index (χ1) is 14.1. The summed E-state index contributed by atoms with van der Waals surface area (Å²) in [6.07, 6.45) is 2.47. The van der Waals surface area contributed by atoms with Crippen molar-refractivity contribution in [3.8, 4) is 5.75 Å². The number of benzene rings is 1. The number of pyridine rings is 1. The molecule has 2 aromatic heterocycles. The minimum absolute atomic E-state index is 0.159. The van der Waals surface area contributed by atoms with Gasteiger partial charge in [0.2, 0.25) is 5.71 Å². The van der Waals surface area contributed by atoms with Gasteiger partial charge >= 0.3 is 0 Å². The van der Waals surface area contributed by atoms with E-state index in [1.54, 1.807) is 19.4 Å². The van der Waals surface area contributed by atoms with Gasteiger partial charge in [0.05, 0.1) is 13.8 Å². The van der Waals surface area contributed by atoms with Crippen molar-refractivity contribution >= 4 is 23.3 Å². The molecule has 0 unspecified atom stereocenters. The van der Waals surface area contributed by atoms with Gasteiger partial charge in [-0.25, -0.2) is 4.98 Å². The number of hydrogen-bond donors (Lipinski definition) is 2. The number of nitrogens with zero attached hydrogens (tertiary/aromatic N) is 2. The van der Waals surface area contributed by atoms with Gasteiger partial charge < -0.3 is 14.5 Å². The van der Waals surface area contributed by atoms with Crippen LogP contribution in [0.1, 0.15) is 21.7 Å². The van der Waals surface area contributed by atoms with E-state index in [0.29, 0.717) is 42.5 Å². The molecule has 150 valence electrons. The Morgan fingerprint density at radius 1 is 1.34 bits per heavy atom. The topological polar surface area (TPSA) is 96.7 Å². The van der Waals surface area contributed by atoms with Crippen LogP contribution in [0.4, 0.5) is 0 Å². The first-order valence-corrected chi connectivity index (χ1v) is 9.25. The van der Waals surface area contributed by atoms with Crippen molar-refractivity contribution in [3.63, 3.8) is 0 Å². The lowest BCUT2D eigenvalue weighted by Crippen LogP contribution is -2.51. The van der Waals surface area contributed by atoms with E-state index in [-0.39, 0.29) is 5.91 Å². The fourth-order valence-corrected chi connectivity index (χ4v) is 3.70. The molecule has 8 heteroatoms. The van der Waals surface area contributed by atoms with Crippen LogP contribution in [0.3, 0.4) is 0 Å². The van der Waals surface area contributed by atoms with Crippen molar-refractivity contribution in [2.24, 2.45) is 0 Å². The number of carbonyl (C=O) groups excluding carboxylic acids is 2. The van der Waals surface area contributed by atoms with Gasteiger partial charge in [0.1, 0.15) is 11.5 Å². The van der Waals surface area contributed by atoms with Crippen molar-refractivity contribution in [1.82, 2.24) is 20.5 Å². The summed E-state index contributed by atoms with van der Waals surface area (Å²) >= 11 is 0. The lowest BCUT2D eigenvalue weighted by molar-refractivity contribution is -0.125. The summed E-state index contributed by atoms with van der Waals surface area (Å²) in [5.41, 5.74) is 0.859. The second-order valence-electron chi connectivity index (χ2n) is 7.13. The van der Waals surface area contributed by atoms with Crippen molar-refractivity contribution in [2.75, 3.05) is 27.4 Å². The normalized spacial score (nSPS) is 18.9. The first kappa shape index (κ1) is 19.1. The molecule has 0 saturated carbocycles. The van der Waals surface area contributed by atoms with E-state index in [1.807, 2.05) is 42.3 Å². The van der Waals surface area contributed by atoms with Crippen LogP contribution in [0.15, 0.2) is 47.0 Å². The van der Waals surface area contributed by atoms with Gasteiger partial charge in [0, 0.05) is 30.2 Å². The third-order valence-electron chi connectivity index (χ3n) is 5.17. The van der Waals surface area contributed by atoms with Crippen molar-refractivity contribution in [2.45, 2.75) is 12.1 Å². The number of aromatic nitrogens is 1. The van der Waals surface area contributed by atoms with Gasteiger partial charge in [0.15, 0.2) is 11.8 Å². The zero-order chi connectivity index (χ0) is 20.4. The summed E-state index contributed by atoms with van der Waals surface area (Å²) in [6, 6.07) is 11.0. The number of methoxy groups -OCH3 is 1. The van der Waals surface area contributed by atoms with E-state index < -0.39 is 5.54 Å². The molecule has 0 bridgehead atoms. The monoisotopic (exact) mass is 394 g/mol. The maximum absolute atomic E-state index is 12.8. The van der Waals surface area contributed by atoms with Gasteiger partial charge in [0.25, 0.3) is 5.91 Å². The van der Waals surface area contributed by atoms with Crippen LogP contribution in [-0.4, -0.2) is 49.4 Å². The Morgan fingerprint density at radius 2 is 2.21 bits per heavy atom. The van der Waals surface area contributed by atoms with Gasteiger partial charge in [-0.15, -0.1) is 0 Å². The molecule has 8 nitrogen and oxygen atoms in total. The van der Waals surface area contributed by atoms with E-state index in [4.69, 9.17) is 9.15 Å². The minimum Gasteiger partial charge on any atom is -0.497 e. The zero-order valence-electron chi connectivity index (χ0n) is 16.3. The molecule has 1 aromatic carbocycles. The molecular formula is C21H22N4O4. The molecule has 29 heavy (non-hydrogen) atoms. The Balaban J connectivity index is 1.62. The van der Waals surface area contributed by atoms with Crippen molar-refractivity contribution in [3.05, 3.63) is 59.5 Å². The summed E-state index contributed by atoms with van der Waals surface area (Å²) in [5.74, 6) is 0.980. The lowest BCUT2D eigenvalue weighted by Gasteiger charge is -2.30. The number of hydrogen-bond acceptors (Lipinski definition) is 7. The fourth-order valence-electron chi connectivity index (χ4n) is 3.70. The molecule has 3 heterocycles. The van der Waals surface area contributed by atoms with Gasteiger partial charge in [-0.05, 0) is 42.9 Å². The highest BCUT2D eigenvalue weighted by Crippen LogP contribution is 2.30. The SMILES string of the molecule is COc1ccc(CN(C)C[C@@]2(c3cc4cccnc4o3)NCNC2=O)c(C=O)c1. The zero-order valence-corrected chi connectivity index (χ0v) is 16.3. The molecule has 1 atom stereocenters. The number of nitrogens with one attached hydrogen (secondary N) is 2. The van der Waals surface area contributed by atoms with Crippen LogP contribution in [0.25, 0.3) is 11.1 Å².